The number of carbonyl (C=O) groups is 1. The Labute approximate surface area is 134 Å². The predicted molar refractivity (Wildman–Crippen MR) is 89.8 cm³/mol. The van der Waals surface area contributed by atoms with Crippen molar-refractivity contribution in [2.75, 3.05) is 0 Å². The standard InChI is InChI=1S/C19H26O3/c1-4-6-7-8-9-10-11-15-19(22-17(3)20)16-13-12-14-18(21)5-2/h5,11,15,18-19,21H,2,4,6-10H2,1,3H3/b15-11-. The second-order valence-electron chi connectivity index (χ2n) is 4.88. The summed E-state index contributed by atoms with van der Waals surface area (Å²) in [5, 5.41) is 9.17. The lowest BCUT2D eigenvalue weighted by Gasteiger charge is -2.05. The molecule has 0 aromatic carbocycles. The first-order chi connectivity index (χ1) is 10.6. The van der Waals surface area contributed by atoms with Crippen LogP contribution in [-0.4, -0.2) is 23.3 Å². The highest BCUT2D eigenvalue weighted by atomic mass is 16.5. The van der Waals surface area contributed by atoms with Gasteiger partial charge in [-0.2, -0.15) is 0 Å². The minimum absolute atomic E-state index is 0.383. The van der Waals surface area contributed by atoms with Crippen molar-refractivity contribution < 1.29 is 14.6 Å². The van der Waals surface area contributed by atoms with Gasteiger partial charge in [0.1, 0.15) is 6.10 Å². The van der Waals surface area contributed by atoms with E-state index in [2.05, 4.69) is 37.2 Å². The fourth-order valence-electron chi connectivity index (χ4n) is 1.66. The Morgan fingerprint density at radius 2 is 1.91 bits per heavy atom. The average molecular weight is 302 g/mol. The molecule has 0 saturated carbocycles. The number of carbonyl (C=O) groups excluding carboxylic acids is 1. The number of rotatable bonds is 9. The maximum absolute atomic E-state index is 11.0. The summed E-state index contributed by atoms with van der Waals surface area (Å²) in [6.45, 7) is 6.95. The van der Waals surface area contributed by atoms with Crippen LogP contribution in [0.15, 0.2) is 24.8 Å². The lowest BCUT2D eigenvalue weighted by atomic mass is 10.1. The van der Waals surface area contributed by atoms with Gasteiger partial charge >= 0.3 is 5.97 Å². The number of allylic oxidation sites excluding steroid dienone is 1. The van der Waals surface area contributed by atoms with Crippen molar-refractivity contribution in [1.82, 2.24) is 0 Å². The van der Waals surface area contributed by atoms with Crippen molar-refractivity contribution >= 4 is 5.97 Å². The molecule has 0 spiro atoms. The summed E-state index contributed by atoms with van der Waals surface area (Å²) in [4.78, 5) is 11.0. The monoisotopic (exact) mass is 302 g/mol. The van der Waals surface area contributed by atoms with E-state index in [1.54, 1.807) is 6.08 Å². The van der Waals surface area contributed by atoms with Gasteiger partial charge in [0, 0.05) is 6.92 Å². The van der Waals surface area contributed by atoms with Crippen molar-refractivity contribution in [3.05, 3.63) is 24.8 Å². The van der Waals surface area contributed by atoms with Crippen LogP contribution in [0.2, 0.25) is 0 Å². The first kappa shape index (κ1) is 20.0. The summed E-state index contributed by atoms with van der Waals surface area (Å²) in [6.07, 6.45) is 10.7. The number of unbranched alkanes of at least 4 members (excludes halogenated alkanes) is 5. The third-order valence-electron chi connectivity index (χ3n) is 2.80. The van der Waals surface area contributed by atoms with E-state index in [0.717, 1.165) is 12.8 Å². The van der Waals surface area contributed by atoms with E-state index in [1.807, 2.05) is 6.08 Å². The molecule has 3 nitrogen and oxygen atoms in total. The summed E-state index contributed by atoms with van der Waals surface area (Å²) >= 11 is 0. The molecule has 0 heterocycles. The molecule has 2 unspecified atom stereocenters. The molecular weight excluding hydrogens is 276 g/mol. The molecule has 0 aliphatic carbocycles. The van der Waals surface area contributed by atoms with Gasteiger partial charge in [0.2, 0.25) is 0 Å². The third-order valence-corrected chi connectivity index (χ3v) is 2.80. The Kier molecular flexibility index (Phi) is 12.7. The maximum Gasteiger partial charge on any atom is 0.304 e. The van der Waals surface area contributed by atoms with Crippen LogP contribution in [0.4, 0.5) is 0 Å². The van der Waals surface area contributed by atoms with Crippen LogP contribution in [-0.2, 0) is 9.53 Å². The number of esters is 1. The molecule has 3 heteroatoms. The van der Waals surface area contributed by atoms with Crippen LogP contribution in [0.1, 0.15) is 52.4 Å². The minimum Gasteiger partial charge on any atom is -0.445 e. The Morgan fingerprint density at radius 3 is 2.55 bits per heavy atom. The van der Waals surface area contributed by atoms with Gasteiger partial charge < -0.3 is 9.84 Å². The van der Waals surface area contributed by atoms with Gasteiger partial charge in [0.15, 0.2) is 6.10 Å². The zero-order chi connectivity index (χ0) is 16.6. The molecule has 0 aliphatic rings. The molecule has 0 rings (SSSR count). The number of aliphatic hydroxyl groups is 1. The number of hydrogen-bond donors (Lipinski definition) is 1. The van der Waals surface area contributed by atoms with Crippen molar-refractivity contribution in [2.45, 2.75) is 64.6 Å². The second-order valence-corrected chi connectivity index (χ2v) is 4.88. The van der Waals surface area contributed by atoms with Gasteiger partial charge in [0.05, 0.1) is 0 Å². The normalized spacial score (nSPS) is 12.5. The zero-order valence-electron chi connectivity index (χ0n) is 13.6. The zero-order valence-corrected chi connectivity index (χ0v) is 13.6. The van der Waals surface area contributed by atoms with Crippen molar-refractivity contribution in [2.24, 2.45) is 0 Å². The van der Waals surface area contributed by atoms with E-state index in [0.29, 0.717) is 0 Å². The van der Waals surface area contributed by atoms with E-state index in [4.69, 9.17) is 4.74 Å². The van der Waals surface area contributed by atoms with Crippen LogP contribution in [0, 0.1) is 23.7 Å². The first-order valence-electron chi connectivity index (χ1n) is 7.75. The topological polar surface area (TPSA) is 46.5 Å². The van der Waals surface area contributed by atoms with Crippen molar-refractivity contribution in [3.63, 3.8) is 0 Å². The van der Waals surface area contributed by atoms with Crippen LogP contribution >= 0.6 is 0 Å². The molecule has 0 bridgehead atoms. The van der Waals surface area contributed by atoms with Crippen molar-refractivity contribution in [1.29, 1.82) is 0 Å². The highest BCUT2D eigenvalue weighted by Gasteiger charge is 2.02. The average Bonchev–Trinajstić information content (AvgIpc) is 2.49. The van der Waals surface area contributed by atoms with E-state index >= 15 is 0 Å². The Morgan fingerprint density at radius 1 is 1.23 bits per heavy atom. The molecule has 2 atom stereocenters. The summed E-state index contributed by atoms with van der Waals surface area (Å²) in [7, 11) is 0. The SMILES string of the molecule is C=CC(O)C#CC#CC(/C=C\CCCCCCC)OC(C)=O. The van der Waals surface area contributed by atoms with Crippen LogP contribution in [0.3, 0.4) is 0 Å². The van der Waals surface area contributed by atoms with Gasteiger partial charge in [-0.15, -0.1) is 0 Å². The molecule has 0 fully saturated rings. The van der Waals surface area contributed by atoms with E-state index in [9.17, 15) is 9.90 Å². The Balaban J connectivity index is 4.33. The second kappa shape index (κ2) is 14.0. The minimum atomic E-state index is -0.889. The predicted octanol–water partition coefficient (Wildman–Crippen LogP) is 3.39. The first-order valence-corrected chi connectivity index (χ1v) is 7.75. The van der Waals surface area contributed by atoms with Crippen LogP contribution < -0.4 is 0 Å². The molecule has 0 amide bonds. The molecule has 0 aromatic rings. The largest absolute Gasteiger partial charge is 0.445 e. The molecule has 22 heavy (non-hydrogen) atoms. The smallest absolute Gasteiger partial charge is 0.304 e. The number of hydrogen-bond acceptors (Lipinski definition) is 3. The molecule has 0 saturated heterocycles. The van der Waals surface area contributed by atoms with Crippen molar-refractivity contribution in [3.8, 4) is 23.7 Å². The molecule has 0 radical (unpaired) electrons. The quantitative estimate of drug-likeness (QED) is 0.307. The highest BCUT2D eigenvalue weighted by molar-refractivity contribution is 5.66. The summed E-state index contributed by atoms with van der Waals surface area (Å²) in [5.74, 6) is 9.93. The fourth-order valence-corrected chi connectivity index (χ4v) is 1.66. The Bertz CT molecular complexity index is 468. The van der Waals surface area contributed by atoms with Crippen LogP contribution in [0.25, 0.3) is 0 Å². The lowest BCUT2D eigenvalue weighted by molar-refractivity contribution is -0.142. The molecular formula is C19H26O3. The summed E-state index contributed by atoms with van der Waals surface area (Å²) in [5.41, 5.74) is 0. The third kappa shape index (κ3) is 13.0. The number of aliphatic hydroxyl groups excluding tert-OH is 1. The lowest BCUT2D eigenvalue weighted by Crippen LogP contribution is -2.11. The molecule has 0 aliphatic heterocycles. The van der Waals surface area contributed by atoms with Gasteiger partial charge in [-0.25, -0.2) is 0 Å². The Hall–Kier alpha value is -1.97. The van der Waals surface area contributed by atoms with Gasteiger partial charge in [-0.05, 0) is 36.7 Å². The highest BCUT2D eigenvalue weighted by Crippen LogP contribution is 2.06. The van der Waals surface area contributed by atoms with Crippen LogP contribution in [0.5, 0.6) is 0 Å². The van der Waals surface area contributed by atoms with E-state index in [-0.39, 0.29) is 5.97 Å². The van der Waals surface area contributed by atoms with E-state index < -0.39 is 12.2 Å². The molecule has 0 aromatic heterocycles. The fraction of sp³-hybridized carbons (Fsp3) is 0.526. The molecule has 120 valence electrons. The van der Waals surface area contributed by atoms with Gasteiger partial charge in [-0.3, -0.25) is 4.79 Å². The maximum atomic E-state index is 11.0. The van der Waals surface area contributed by atoms with Gasteiger partial charge in [-0.1, -0.05) is 57.3 Å². The van der Waals surface area contributed by atoms with E-state index in [1.165, 1.54) is 38.7 Å². The molecule has 1 N–H and O–H groups in total. The number of ether oxygens (including phenoxy) is 1. The summed E-state index contributed by atoms with van der Waals surface area (Å²) < 4.78 is 5.08. The summed E-state index contributed by atoms with van der Waals surface area (Å²) in [6, 6.07) is 0. The van der Waals surface area contributed by atoms with Gasteiger partial charge in [0.25, 0.3) is 0 Å².